The summed E-state index contributed by atoms with van der Waals surface area (Å²) < 4.78 is 20.5. The van der Waals surface area contributed by atoms with Crippen LogP contribution in [0.5, 0.6) is 0 Å². The minimum atomic E-state index is -0.394. The van der Waals surface area contributed by atoms with Crippen molar-refractivity contribution in [3.8, 4) is 5.69 Å². The molecule has 0 fully saturated rings. The SMILES string of the molecule is COCCNc1nccn1-c1c(Cl)cc(F)cc1Br. The van der Waals surface area contributed by atoms with Crippen LogP contribution in [0.1, 0.15) is 0 Å². The van der Waals surface area contributed by atoms with Gasteiger partial charge in [0.15, 0.2) is 0 Å². The zero-order valence-electron chi connectivity index (χ0n) is 10.2. The summed E-state index contributed by atoms with van der Waals surface area (Å²) in [4.78, 5) is 4.19. The molecule has 0 amide bonds. The summed E-state index contributed by atoms with van der Waals surface area (Å²) >= 11 is 9.40. The molecule has 2 rings (SSSR count). The number of ether oxygens (including phenoxy) is 1. The smallest absolute Gasteiger partial charge is 0.207 e. The quantitative estimate of drug-likeness (QED) is 0.841. The van der Waals surface area contributed by atoms with E-state index in [0.717, 1.165) is 0 Å². The van der Waals surface area contributed by atoms with Crippen molar-refractivity contribution in [1.29, 1.82) is 0 Å². The standard InChI is InChI=1S/C12H12BrClFN3O/c1-19-5-3-17-12-16-2-4-18(12)11-9(13)6-8(15)7-10(11)14/h2,4,6-7H,3,5H2,1H3,(H,16,17). The fourth-order valence-electron chi connectivity index (χ4n) is 1.64. The van der Waals surface area contributed by atoms with Crippen LogP contribution in [0.2, 0.25) is 5.02 Å². The van der Waals surface area contributed by atoms with E-state index in [1.54, 1.807) is 24.1 Å². The van der Waals surface area contributed by atoms with Gasteiger partial charge < -0.3 is 10.1 Å². The number of nitrogens with zero attached hydrogens (tertiary/aromatic N) is 2. The third kappa shape index (κ3) is 3.26. The maximum atomic E-state index is 13.2. The number of anilines is 1. The Hall–Kier alpha value is -1.11. The van der Waals surface area contributed by atoms with Gasteiger partial charge in [0.05, 0.1) is 17.3 Å². The van der Waals surface area contributed by atoms with Crippen LogP contribution < -0.4 is 5.32 Å². The first kappa shape index (κ1) is 14.3. The molecule has 0 bridgehead atoms. The molecule has 7 heteroatoms. The van der Waals surface area contributed by atoms with Gasteiger partial charge in [-0.25, -0.2) is 9.37 Å². The molecule has 4 nitrogen and oxygen atoms in total. The molecule has 2 aromatic rings. The molecule has 1 heterocycles. The summed E-state index contributed by atoms with van der Waals surface area (Å²) in [6.07, 6.45) is 3.39. The highest BCUT2D eigenvalue weighted by molar-refractivity contribution is 9.10. The summed E-state index contributed by atoms with van der Waals surface area (Å²) in [5.74, 6) is 0.223. The zero-order valence-corrected chi connectivity index (χ0v) is 12.5. The van der Waals surface area contributed by atoms with E-state index in [9.17, 15) is 4.39 Å². The molecule has 0 saturated carbocycles. The highest BCUT2D eigenvalue weighted by atomic mass is 79.9. The average molecular weight is 349 g/mol. The lowest BCUT2D eigenvalue weighted by Gasteiger charge is -2.13. The van der Waals surface area contributed by atoms with E-state index in [1.165, 1.54) is 12.1 Å². The number of imidazole rings is 1. The van der Waals surface area contributed by atoms with Gasteiger partial charge in [0.25, 0.3) is 0 Å². The Kier molecular flexibility index (Phi) is 4.79. The predicted molar refractivity (Wildman–Crippen MR) is 76.6 cm³/mol. The maximum absolute atomic E-state index is 13.2. The Morgan fingerprint density at radius 2 is 2.32 bits per heavy atom. The number of hydrogen-bond acceptors (Lipinski definition) is 3. The second kappa shape index (κ2) is 6.36. The topological polar surface area (TPSA) is 39.1 Å². The second-order valence-corrected chi connectivity index (χ2v) is 5.02. The number of benzene rings is 1. The van der Waals surface area contributed by atoms with Crippen molar-refractivity contribution in [3.63, 3.8) is 0 Å². The third-order valence-corrected chi connectivity index (χ3v) is 3.35. The van der Waals surface area contributed by atoms with Crippen LogP contribution in [0.25, 0.3) is 5.69 Å². The lowest BCUT2D eigenvalue weighted by molar-refractivity contribution is 0.210. The number of nitrogens with one attached hydrogen (secondary N) is 1. The maximum Gasteiger partial charge on any atom is 0.207 e. The summed E-state index contributed by atoms with van der Waals surface area (Å²) in [7, 11) is 1.63. The lowest BCUT2D eigenvalue weighted by atomic mass is 10.3. The van der Waals surface area contributed by atoms with Gasteiger partial charge in [0.1, 0.15) is 5.82 Å². The van der Waals surface area contributed by atoms with E-state index in [-0.39, 0.29) is 0 Å². The van der Waals surface area contributed by atoms with Gasteiger partial charge in [-0.15, -0.1) is 0 Å². The molecule has 0 aliphatic heterocycles. The Morgan fingerprint density at radius 3 is 3.00 bits per heavy atom. The van der Waals surface area contributed by atoms with Crippen LogP contribution in [0.4, 0.5) is 10.3 Å². The van der Waals surface area contributed by atoms with E-state index in [4.69, 9.17) is 16.3 Å². The number of methoxy groups -OCH3 is 1. The summed E-state index contributed by atoms with van der Waals surface area (Å²) in [6, 6.07) is 2.63. The van der Waals surface area contributed by atoms with Crippen LogP contribution >= 0.6 is 27.5 Å². The number of halogens is 3. The highest BCUT2D eigenvalue weighted by Crippen LogP contribution is 2.31. The molecule has 0 atom stereocenters. The molecule has 0 unspecified atom stereocenters. The third-order valence-electron chi connectivity index (χ3n) is 2.45. The van der Waals surface area contributed by atoms with Gasteiger partial charge in [-0.2, -0.15) is 0 Å². The summed E-state index contributed by atoms with van der Waals surface area (Å²) in [6.45, 7) is 1.18. The van der Waals surface area contributed by atoms with Gasteiger partial charge >= 0.3 is 0 Å². The predicted octanol–water partition coefficient (Wildman–Crippen LogP) is 3.49. The van der Waals surface area contributed by atoms with Crippen LogP contribution in [0.15, 0.2) is 29.0 Å². The normalized spacial score (nSPS) is 10.7. The number of rotatable bonds is 5. The van der Waals surface area contributed by atoms with Gasteiger partial charge in [-0.1, -0.05) is 11.6 Å². The first-order valence-electron chi connectivity index (χ1n) is 5.54. The molecule has 0 saturated heterocycles. The van der Waals surface area contributed by atoms with Crippen LogP contribution in [0, 0.1) is 5.82 Å². The fourth-order valence-corrected chi connectivity index (χ4v) is 2.68. The summed E-state index contributed by atoms with van der Waals surface area (Å²) in [5.41, 5.74) is 0.639. The van der Waals surface area contributed by atoms with Gasteiger partial charge in [0.2, 0.25) is 5.95 Å². The second-order valence-electron chi connectivity index (χ2n) is 3.76. The molecule has 1 N–H and O–H groups in total. The van der Waals surface area contributed by atoms with E-state index >= 15 is 0 Å². The van der Waals surface area contributed by atoms with Crippen molar-refractivity contribution in [1.82, 2.24) is 9.55 Å². The van der Waals surface area contributed by atoms with E-state index in [1.807, 2.05) is 0 Å². The molecule has 0 radical (unpaired) electrons. The van der Waals surface area contributed by atoms with Crippen LogP contribution in [0.3, 0.4) is 0 Å². The van der Waals surface area contributed by atoms with E-state index in [2.05, 4.69) is 26.2 Å². The Labute approximate surface area is 123 Å². The largest absolute Gasteiger partial charge is 0.383 e. The first-order chi connectivity index (χ1) is 9.13. The van der Waals surface area contributed by atoms with Crippen molar-refractivity contribution >= 4 is 33.5 Å². The molecule has 1 aromatic heterocycles. The molecular formula is C12H12BrClFN3O. The van der Waals surface area contributed by atoms with E-state index in [0.29, 0.717) is 34.3 Å². The molecule has 0 spiro atoms. The fraction of sp³-hybridized carbons (Fsp3) is 0.250. The van der Waals surface area contributed by atoms with Crippen molar-refractivity contribution in [2.45, 2.75) is 0 Å². The molecular weight excluding hydrogens is 337 g/mol. The highest BCUT2D eigenvalue weighted by Gasteiger charge is 2.13. The molecule has 0 aliphatic rings. The average Bonchev–Trinajstić information content (AvgIpc) is 2.76. The van der Waals surface area contributed by atoms with Crippen molar-refractivity contribution in [2.24, 2.45) is 0 Å². The first-order valence-corrected chi connectivity index (χ1v) is 6.71. The number of aromatic nitrogens is 2. The Balaban J connectivity index is 2.35. The van der Waals surface area contributed by atoms with E-state index < -0.39 is 5.82 Å². The van der Waals surface area contributed by atoms with Crippen molar-refractivity contribution in [3.05, 3.63) is 39.8 Å². The number of hydrogen-bond donors (Lipinski definition) is 1. The Bertz CT molecular complexity index is 553. The molecule has 0 aliphatic carbocycles. The van der Waals surface area contributed by atoms with Gasteiger partial charge in [-0.3, -0.25) is 4.57 Å². The monoisotopic (exact) mass is 347 g/mol. The van der Waals surface area contributed by atoms with Crippen molar-refractivity contribution < 1.29 is 9.13 Å². The molecule has 1 aromatic carbocycles. The summed E-state index contributed by atoms with van der Waals surface area (Å²) in [5, 5.41) is 3.42. The zero-order chi connectivity index (χ0) is 13.8. The van der Waals surface area contributed by atoms with Crippen LogP contribution in [-0.2, 0) is 4.74 Å². The Morgan fingerprint density at radius 1 is 1.53 bits per heavy atom. The molecule has 102 valence electrons. The van der Waals surface area contributed by atoms with Crippen molar-refractivity contribution in [2.75, 3.05) is 25.6 Å². The lowest BCUT2D eigenvalue weighted by Crippen LogP contribution is -2.12. The van der Waals surface area contributed by atoms with Gasteiger partial charge in [0, 0.05) is 30.5 Å². The minimum absolute atomic E-state index is 0.305. The van der Waals surface area contributed by atoms with Crippen LogP contribution in [-0.4, -0.2) is 29.8 Å². The van der Waals surface area contributed by atoms with Gasteiger partial charge in [-0.05, 0) is 28.1 Å². The molecule has 19 heavy (non-hydrogen) atoms. The minimum Gasteiger partial charge on any atom is -0.383 e.